The van der Waals surface area contributed by atoms with E-state index < -0.39 is 0 Å². The lowest BCUT2D eigenvalue weighted by Crippen LogP contribution is -2.17. The summed E-state index contributed by atoms with van der Waals surface area (Å²) in [4.78, 5) is 4.21. The minimum absolute atomic E-state index is 0.862. The van der Waals surface area contributed by atoms with Gasteiger partial charge in [0.15, 0.2) is 0 Å². The van der Waals surface area contributed by atoms with Gasteiger partial charge in [0.2, 0.25) is 0 Å². The monoisotopic (exact) mass is 207 g/mol. The third-order valence-electron chi connectivity index (χ3n) is 3.01. The van der Waals surface area contributed by atoms with Crippen LogP contribution in [0.1, 0.15) is 37.9 Å². The molecule has 1 aromatic rings. The van der Waals surface area contributed by atoms with E-state index in [1.54, 1.807) is 0 Å². The minimum atomic E-state index is 0.862. The summed E-state index contributed by atoms with van der Waals surface area (Å²) < 4.78 is 2.23. The van der Waals surface area contributed by atoms with Gasteiger partial charge in [-0.1, -0.05) is 6.42 Å². The maximum Gasteiger partial charge on any atom is 0.105 e. The van der Waals surface area contributed by atoms with Gasteiger partial charge in [0.05, 0.1) is 0 Å². The maximum absolute atomic E-state index is 4.21. The van der Waals surface area contributed by atoms with Crippen LogP contribution in [0, 0.1) is 6.92 Å². The molecule has 1 saturated carbocycles. The molecule has 2 rings (SSSR count). The van der Waals surface area contributed by atoms with Crippen LogP contribution in [0.2, 0.25) is 0 Å². The molecule has 3 heteroatoms. The highest BCUT2D eigenvalue weighted by atomic mass is 15.0. The predicted molar refractivity (Wildman–Crippen MR) is 61.8 cm³/mol. The van der Waals surface area contributed by atoms with Crippen molar-refractivity contribution in [2.75, 3.05) is 6.54 Å². The lowest BCUT2D eigenvalue weighted by Gasteiger charge is -2.05. The molecule has 1 N–H and O–H groups in total. The highest BCUT2D eigenvalue weighted by Gasteiger charge is 2.19. The molecule has 3 nitrogen and oxygen atoms in total. The highest BCUT2D eigenvalue weighted by molar-refractivity contribution is 4.88. The molecule has 0 atom stereocenters. The van der Waals surface area contributed by atoms with Gasteiger partial charge in [-0.3, -0.25) is 0 Å². The Balaban J connectivity index is 1.49. The van der Waals surface area contributed by atoms with Crippen molar-refractivity contribution in [3.63, 3.8) is 0 Å². The van der Waals surface area contributed by atoms with E-state index >= 15 is 0 Å². The van der Waals surface area contributed by atoms with Crippen molar-refractivity contribution in [2.24, 2.45) is 0 Å². The molecule has 1 aliphatic carbocycles. The fourth-order valence-corrected chi connectivity index (χ4v) is 1.82. The second-order valence-electron chi connectivity index (χ2n) is 4.46. The van der Waals surface area contributed by atoms with E-state index in [4.69, 9.17) is 0 Å². The molecule has 0 unspecified atom stereocenters. The number of unbranched alkanes of at least 4 members (excludes halogenated alkanes) is 2. The first-order chi connectivity index (χ1) is 7.36. The molecule has 0 amide bonds. The van der Waals surface area contributed by atoms with Crippen molar-refractivity contribution >= 4 is 0 Å². The van der Waals surface area contributed by atoms with Gasteiger partial charge in [-0.15, -0.1) is 0 Å². The van der Waals surface area contributed by atoms with Gasteiger partial charge >= 0.3 is 0 Å². The van der Waals surface area contributed by atoms with Crippen molar-refractivity contribution in [3.05, 3.63) is 18.2 Å². The number of nitrogens with one attached hydrogen (secondary N) is 1. The molecule has 0 saturated heterocycles. The Morgan fingerprint density at radius 2 is 2.27 bits per heavy atom. The molecule has 0 spiro atoms. The van der Waals surface area contributed by atoms with Crippen LogP contribution in [0.5, 0.6) is 0 Å². The van der Waals surface area contributed by atoms with Gasteiger partial charge in [-0.25, -0.2) is 4.98 Å². The summed E-state index contributed by atoms with van der Waals surface area (Å²) in [5.41, 5.74) is 0. The Kier molecular flexibility index (Phi) is 3.78. The molecule has 0 radical (unpaired) electrons. The van der Waals surface area contributed by atoms with Crippen LogP contribution in [0.25, 0.3) is 0 Å². The summed E-state index contributed by atoms with van der Waals surface area (Å²) in [5, 5.41) is 3.54. The average Bonchev–Trinajstić information content (AvgIpc) is 2.96. The van der Waals surface area contributed by atoms with Crippen molar-refractivity contribution in [3.8, 4) is 0 Å². The summed E-state index contributed by atoms with van der Waals surface area (Å²) in [6.45, 7) is 4.39. The van der Waals surface area contributed by atoms with Gasteiger partial charge in [0, 0.05) is 25.0 Å². The third kappa shape index (κ3) is 3.67. The van der Waals surface area contributed by atoms with Gasteiger partial charge in [-0.05, 0) is 39.2 Å². The standard InChI is InChI=1S/C12H21N3/c1-11-13-8-10-15(11)9-4-2-3-7-14-12-5-6-12/h8,10,12,14H,2-7,9H2,1H3. The van der Waals surface area contributed by atoms with E-state index in [0.29, 0.717) is 0 Å². The zero-order valence-corrected chi connectivity index (χ0v) is 9.58. The van der Waals surface area contributed by atoms with E-state index in [2.05, 4.69) is 28.0 Å². The number of aryl methyl sites for hydroxylation is 2. The zero-order valence-electron chi connectivity index (χ0n) is 9.58. The lowest BCUT2D eigenvalue weighted by atomic mass is 10.2. The number of nitrogens with zero attached hydrogens (tertiary/aromatic N) is 2. The SMILES string of the molecule is Cc1nccn1CCCCCNC1CC1. The third-order valence-corrected chi connectivity index (χ3v) is 3.01. The van der Waals surface area contributed by atoms with Crippen LogP contribution in [-0.4, -0.2) is 22.1 Å². The van der Waals surface area contributed by atoms with E-state index in [1.807, 2.05) is 6.20 Å². The van der Waals surface area contributed by atoms with Crippen LogP contribution in [0.4, 0.5) is 0 Å². The molecule has 0 bridgehead atoms. The van der Waals surface area contributed by atoms with E-state index in [-0.39, 0.29) is 0 Å². The Morgan fingerprint density at radius 3 is 2.93 bits per heavy atom. The summed E-state index contributed by atoms with van der Waals surface area (Å²) in [6, 6.07) is 0.862. The van der Waals surface area contributed by atoms with Crippen molar-refractivity contribution in [2.45, 2.75) is 51.6 Å². The summed E-state index contributed by atoms with van der Waals surface area (Å²) >= 11 is 0. The average molecular weight is 207 g/mol. The first kappa shape index (κ1) is 10.7. The van der Waals surface area contributed by atoms with Gasteiger partial charge in [0.25, 0.3) is 0 Å². The molecule has 1 heterocycles. The Hall–Kier alpha value is -0.830. The molecule has 15 heavy (non-hydrogen) atoms. The van der Waals surface area contributed by atoms with Gasteiger partial charge in [0.1, 0.15) is 5.82 Å². The Labute approximate surface area is 91.9 Å². The maximum atomic E-state index is 4.21. The van der Waals surface area contributed by atoms with Crippen LogP contribution in [-0.2, 0) is 6.54 Å². The fraction of sp³-hybridized carbons (Fsp3) is 0.750. The van der Waals surface area contributed by atoms with Crippen LogP contribution < -0.4 is 5.32 Å². The smallest absolute Gasteiger partial charge is 0.105 e. The normalized spacial score (nSPS) is 15.8. The first-order valence-corrected chi connectivity index (χ1v) is 6.07. The second-order valence-corrected chi connectivity index (χ2v) is 4.46. The molecular formula is C12H21N3. The van der Waals surface area contributed by atoms with Crippen LogP contribution in [0.15, 0.2) is 12.4 Å². The van der Waals surface area contributed by atoms with Crippen molar-refractivity contribution in [1.82, 2.24) is 14.9 Å². The van der Waals surface area contributed by atoms with Crippen LogP contribution >= 0.6 is 0 Å². The van der Waals surface area contributed by atoms with Gasteiger partial charge in [-0.2, -0.15) is 0 Å². The lowest BCUT2D eigenvalue weighted by molar-refractivity contribution is 0.551. The quantitative estimate of drug-likeness (QED) is 0.694. The molecule has 0 aliphatic heterocycles. The van der Waals surface area contributed by atoms with E-state index in [9.17, 15) is 0 Å². The van der Waals surface area contributed by atoms with E-state index in [0.717, 1.165) is 18.4 Å². The minimum Gasteiger partial charge on any atom is -0.335 e. The number of aromatic nitrogens is 2. The number of hydrogen-bond donors (Lipinski definition) is 1. The topological polar surface area (TPSA) is 29.9 Å². The summed E-state index contributed by atoms with van der Waals surface area (Å²) in [7, 11) is 0. The predicted octanol–water partition coefficient (Wildman–Crippen LogP) is 2.11. The van der Waals surface area contributed by atoms with Crippen molar-refractivity contribution < 1.29 is 0 Å². The summed E-state index contributed by atoms with van der Waals surface area (Å²) in [6.07, 6.45) is 10.6. The largest absolute Gasteiger partial charge is 0.335 e. The number of imidazole rings is 1. The first-order valence-electron chi connectivity index (χ1n) is 6.07. The van der Waals surface area contributed by atoms with E-state index in [1.165, 1.54) is 38.6 Å². The highest BCUT2D eigenvalue weighted by Crippen LogP contribution is 2.18. The van der Waals surface area contributed by atoms with Crippen LogP contribution in [0.3, 0.4) is 0 Å². The Bertz CT molecular complexity index is 289. The summed E-state index contributed by atoms with van der Waals surface area (Å²) in [5.74, 6) is 1.13. The number of hydrogen-bond acceptors (Lipinski definition) is 2. The molecular weight excluding hydrogens is 186 g/mol. The molecule has 1 aliphatic rings. The zero-order chi connectivity index (χ0) is 10.5. The number of rotatable bonds is 7. The van der Waals surface area contributed by atoms with Crippen molar-refractivity contribution in [1.29, 1.82) is 0 Å². The molecule has 0 aromatic carbocycles. The molecule has 1 aromatic heterocycles. The Morgan fingerprint density at radius 1 is 1.40 bits per heavy atom. The molecule has 1 fully saturated rings. The fourth-order valence-electron chi connectivity index (χ4n) is 1.82. The van der Waals surface area contributed by atoms with Gasteiger partial charge < -0.3 is 9.88 Å². The second kappa shape index (κ2) is 5.31. The molecule has 84 valence electrons.